The standard InChI is InChI=1S/C25H29N3O4S/c1-17-9-10-20(16-18(17)2)32-19-11-14-27(15-12-19)25(29)22-7-5-13-28(22)24-21-6-3-4-8-23(21)33(30,31)26-24/h3-4,6,8-10,16,19,22H,5,7,11-15H2,1-2H3/t22-/m0/s1. The number of sulfonamides is 1. The summed E-state index contributed by atoms with van der Waals surface area (Å²) in [5.74, 6) is 1.35. The van der Waals surface area contributed by atoms with E-state index in [2.05, 4.69) is 30.4 Å². The van der Waals surface area contributed by atoms with E-state index >= 15 is 0 Å². The fourth-order valence-corrected chi connectivity index (χ4v) is 6.17. The maximum absolute atomic E-state index is 13.4. The Morgan fingerprint density at radius 1 is 1.00 bits per heavy atom. The Kier molecular flexibility index (Phi) is 5.64. The molecule has 0 aromatic heterocycles. The summed E-state index contributed by atoms with van der Waals surface area (Å²) in [4.78, 5) is 17.4. The molecule has 0 spiro atoms. The van der Waals surface area contributed by atoms with Crippen molar-refractivity contribution in [3.05, 3.63) is 59.2 Å². The summed E-state index contributed by atoms with van der Waals surface area (Å²) >= 11 is 0. The van der Waals surface area contributed by atoms with Crippen LogP contribution in [-0.2, 0) is 14.8 Å². The van der Waals surface area contributed by atoms with Crippen molar-refractivity contribution in [1.29, 1.82) is 0 Å². The molecule has 2 aromatic rings. The molecule has 2 aromatic carbocycles. The normalized spacial score (nSPS) is 22.2. The summed E-state index contributed by atoms with van der Waals surface area (Å²) in [5.41, 5.74) is 3.05. The van der Waals surface area contributed by atoms with E-state index in [9.17, 15) is 13.2 Å². The molecule has 1 atom stereocenters. The third-order valence-corrected chi connectivity index (χ3v) is 8.28. The number of hydrogen-bond donors (Lipinski definition) is 0. The first-order valence-corrected chi connectivity index (χ1v) is 13.0. The Morgan fingerprint density at radius 3 is 2.52 bits per heavy atom. The Morgan fingerprint density at radius 2 is 1.76 bits per heavy atom. The molecule has 2 fully saturated rings. The van der Waals surface area contributed by atoms with Gasteiger partial charge in [-0.1, -0.05) is 18.2 Å². The first kappa shape index (κ1) is 21.9. The number of carbonyl (C=O) groups is 1. The molecule has 0 unspecified atom stereocenters. The van der Waals surface area contributed by atoms with E-state index in [-0.39, 0.29) is 22.9 Å². The van der Waals surface area contributed by atoms with Crippen LogP contribution < -0.4 is 4.74 Å². The number of nitrogens with zero attached hydrogens (tertiary/aromatic N) is 3. The lowest BCUT2D eigenvalue weighted by molar-refractivity contribution is -0.136. The van der Waals surface area contributed by atoms with Gasteiger partial charge in [0.1, 0.15) is 22.8 Å². The van der Waals surface area contributed by atoms with Crippen molar-refractivity contribution >= 4 is 21.8 Å². The molecule has 7 nitrogen and oxygen atoms in total. The van der Waals surface area contributed by atoms with Gasteiger partial charge in [-0.25, -0.2) is 0 Å². The summed E-state index contributed by atoms with van der Waals surface area (Å²) in [5, 5.41) is 0. The van der Waals surface area contributed by atoms with Crippen molar-refractivity contribution in [3.8, 4) is 5.75 Å². The van der Waals surface area contributed by atoms with Crippen LogP contribution in [0.1, 0.15) is 42.4 Å². The van der Waals surface area contributed by atoms with Gasteiger partial charge >= 0.3 is 0 Å². The van der Waals surface area contributed by atoms with Gasteiger partial charge in [-0.15, -0.1) is 4.40 Å². The van der Waals surface area contributed by atoms with Gasteiger partial charge in [-0.05, 0) is 62.1 Å². The van der Waals surface area contributed by atoms with Crippen molar-refractivity contribution in [2.45, 2.75) is 56.6 Å². The molecule has 1 amide bonds. The quantitative estimate of drug-likeness (QED) is 0.692. The molecule has 3 aliphatic rings. The third-order valence-electron chi connectivity index (χ3n) is 6.96. The topological polar surface area (TPSA) is 79.3 Å². The van der Waals surface area contributed by atoms with Crippen molar-refractivity contribution < 1.29 is 17.9 Å². The minimum absolute atomic E-state index is 0.0570. The van der Waals surface area contributed by atoms with Crippen LogP contribution in [0.2, 0.25) is 0 Å². The molecule has 0 bridgehead atoms. The van der Waals surface area contributed by atoms with Crippen molar-refractivity contribution in [3.63, 3.8) is 0 Å². The molecule has 0 N–H and O–H groups in total. The number of likely N-dealkylation sites (tertiary alicyclic amines) is 2. The Balaban J connectivity index is 1.25. The zero-order valence-electron chi connectivity index (χ0n) is 19.0. The van der Waals surface area contributed by atoms with Crippen LogP contribution in [0.25, 0.3) is 0 Å². The number of piperidine rings is 1. The number of fused-ring (bicyclic) bond motifs is 1. The molecule has 8 heteroatoms. The summed E-state index contributed by atoms with van der Waals surface area (Å²) in [7, 11) is -3.70. The molecule has 0 radical (unpaired) electrons. The Bertz CT molecular complexity index is 1220. The molecular formula is C25H29N3O4S. The molecule has 5 rings (SSSR count). The van der Waals surface area contributed by atoms with Gasteiger partial charge in [0.25, 0.3) is 10.0 Å². The van der Waals surface area contributed by atoms with Gasteiger partial charge in [-0.3, -0.25) is 4.79 Å². The highest BCUT2D eigenvalue weighted by molar-refractivity contribution is 7.90. The van der Waals surface area contributed by atoms with Crippen LogP contribution in [0.5, 0.6) is 5.75 Å². The van der Waals surface area contributed by atoms with Gasteiger partial charge in [0.2, 0.25) is 5.91 Å². The summed E-state index contributed by atoms with van der Waals surface area (Å²) in [6.45, 7) is 6.07. The smallest absolute Gasteiger partial charge is 0.285 e. The molecule has 3 heterocycles. The highest BCUT2D eigenvalue weighted by atomic mass is 32.2. The van der Waals surface area contributed by atoms with Gasteiger partial charge in [0.05, 0.1) is 0 Å². The number of aryl methyl sites for hydroxylation is 2. The third kappa shape index (κ3) is 4.12. The molecule has 33 heavy (non-hydrogen) atoms. The minimum Gasteiger partial charge on any atom is -0.490 e. The number of rotatable bonds is 3. The summed E-state index contributed by atoms with van der Waals surface area (Å²) in [6.07, 6.45) is 3.20. The maximum Gasteiger partial charge on any atom is 0.285 e. The second-order valence-electron chi connectivity index (χ2n) is 9.13. The molecular weight excluding hydrogens is 438 g/mol. The first-order chi connectivity index (χ1) is 15.8. The lowest BCUT2D eigenvalue weighted by atomic mass is 10.0. The number of hydrogen-bond acceptors (Lipinski definition) is 5. The zero-order valence-corrected chi connectivity index (χ0v) is 19.8. The lowest BCUT2D eigenvalue weighted by Gasteiger charge is -2.36. The zero-order chi connectivity index (χ0) is 23.2. The van der Waals surface area contributed by atoms with Crippen LogP contribution in [0.3, 0.4) is 0 Å². The number of amides is 1. The number of benzene rings is 2. The van der Waals surface area contributed by atoms with E-state index in [1.165, 1.54) is 11.1 Å². The van der Waals surface area contributed by atoms with Crippen LogP contribution in [0.15, 0.2) is 51.8 Å². The largest absolute Gasteiger partial charge is 0.490 e. The van der Waals surface area contributed by atoms with Crippen LogP contribution in [0.4, 0.5) is 0 Å². The summed E-state index contributed by atoms with van der Waals surface area (Å²) in [6, 6.07) is 12.6. The summed E-state index contributed by atoms with van der Waals surface area (Å²) < 4.78 is 35.2. The van der Waals surface area contributed by atoms with E-state index < -0.39 is 10.0 Å². The molecule has 174 valence electrons. The van der Waals surface area contributed by atoms with Crippen molar-refractivity contribution in [2.24, 2.45) is 4.40 Å². The highest BCUT2D eigenvalue weighted by Gasteiger charge is 2.41. The van der Waals surface area contributed by atoms with E-state index in [0.29, 0.717) is 37.5 Å². The lowest BCUT2D eigenvalue weighted by Crippen LogP contribution is -2.51. The van der Waals surface area contributed by atoms with Gasteiger partial charge in [0, 0.05) is 38.0 Å². The average Bonchev–Trinajstić information content (AvgIpc) is 3.39. The number of ether oxygens (including phenoxy) is 1. The fourth-order valence-electron chi connectivity index (χ4n) is 4.96. The molecule has 0 saturated carbocycles. The highest BCUT2D eigenvalue weighted by Crippen LogP contribution is 2.32. The van der Waals surface area contributed by atoms with Gasteiger partial charge in [0.15, 0.2) is 5.84 Å². The average molecular weight is 468 g/mol. The number of carbonyl (C=O) groups excluding carboxylic acids is 1. The predicted molar refractivity (Wildman–Crippen MR) is 126 cm³/mol. The van der Waals surface area contributed by atoms with Crippen LogP contribution in [-0.4, -0.2) is 61.7 Å². The second kappa shape index (κ2) is 8.48. The first-order valence-electron chi connectivity index (χ1n) is 11.6. The maximum atomic E-state index is 13.4. The fraction of sp³-hybridized carbons (Fsp3) is 0.440. The second-order valence-corrected chi connectivity index (χ2v) is 10.7. The van der Waals surface area contributed by atoms with E-state index in [0.717, 1.165) is 25.0 Å². The SMILES string of the molecule is Cc1ccc(OC2CCN(C(=O)[C@@H]3CCCN3C3=NS(=O)(=O)c4ccccc43)CC2)cc1C. The van der Waals surface area contributed by atoms with E-state index in [1.807, 2.05) is 21.9 Å². The van der Waals surface area contributed by atoms with Crippen molar-refractivity contribution in [2.75, 3.05) is 19.6 Å². The van der Waals surface area contributed by atoms with Gasteiger partial charge < -0.3 is 14.5 Å². The molecule has 0 aliphatic carbocycles. The Hall–Kier alpha value is -2.87. The predicted octanol–water partition coefficient (Wildman–Crippen LogP) is 3.29. The monoisotopic (exact) mass is 467 g/mol. The van der Waals surface area contributed by atoms with E-state index in [4.69, 9.17) is 4.74 Å². The number of amidine groups is 1. The van der Waals surface area contributed by atoms with Crippen LogP contribution >= 0.6 is 0 Å². The van der Waals surface area contributed by atoms with Crippen molar-refractivity contribution in [1.82, 2.24) is 9.80 Å². The molecule has 2 saturated heterocycles. The van der Waals surface area contributed by atoms with Gasteiger partial charge in [-0.2, -0.15) is 8.42 Å². The van der Waals surface area contributed by atoms with E-state index in [1.54, 1.807) is 18.2 Å². The molecule has 3 aliphatic heterocycles. The Labute approximate surface area is 195 Å². The minimum atomic E-state index is -3.70. The van der Waals surface area contributed by atoms with Crippen LogP contribution in [0, 0.1) is 13.8 Å².